The van der Waals surface area contributed by atoms with Crippen LogP contribution in [0.5, 0.6) is 0 Å². The van der Waals surface area contributed by atoms with Gasteiger partial charge in [0, 0.05) is 24.2 Å². The minimum atomic E-state index is 1.02. The van der Waals surface area contributed by atoms with E-state index in [-0.39, 0.29) is 0 Å². The van der Waals surface area contributed by atoms with Crippen LogP contribution >= 0.6 is 0 Å². The highest BCUT2D eigenvalue weighted by atomic mass is 14.7. The van der Waals surface area contributed by atoms with Crippen LogP contribution in [0.25, 0.3) is 11.3 Å². The highest BCUT2D eigenvalue weighted by molar-refractivity contribution is 5.66. The molecular formula is C12H12N2. The molecule has 2 aromatic heterocycles. The largest absolute Gasteiger partial charge is 0.264 e. The van der Waals surface area contributed by atoms with Crippen LogP contribution in [-0.4, -0.2) is 9.97 Å². The summed E-state index contributed by atoms with van der Waals surface area (Å²) in [4.78, 5) is 8.49. The summed E-state index contributed by atoms with van der Waals surface area (Å²) in [5, 5.41) is 0. The molecule has 0 aromatic carbocycles. The van der Waals surface area contributed by atoms with E-state index in [2.05, 4.69) is 23.8 Å². The van der Waals surface area contributed by atoms with Crippen molar-refractivity contribution < 1.29 is 0 Å². The number of pyridine rings is 2. The van der Waals surface area contributed by atoms with Gasteiger partial charge in [0.2, 0.25) is 0 Å². The van der Waals surface area contributed by atoms with Gasteiger partial charge in [0.15, 0.2) is 0 Å². The second-order valence-electron chi connectivity index (χ2n) is 3.36. The molecule has 0 unspecified atom stereocenters. The quantitative estimate of drug-likeness (QED) is 0.681. The van der Waals surface area contributed by atoms with E-state index in [9.17, 15) is 0 Å². The van der Waals surface area contributed by atoms with Gasteiger partial charge in [0.1, 0.15) is 0 Å². The molecular weight excluding hydrogens is 172 g/mol. The summed E-state index contributed by atoms with van der Waals surface area (Å²) in [6.07, 6.45) is 5.56. The minimum Gasteiger partial charge on any atom is -0.264 e. The van der Waals surface area contributed by atoms with E-state index < -0.39 is 0 Å². The molecule has 0 saturated heterocycles. The number of hydrogen-bond donors (Lipinski definition) is 0. The summed E-state index contributed by atoms with van der Waals surface area (Å²) < 4.78 is 0. The highest BCUT2D eigenvalue weighted by Crippen LogP contribution is 2.23. The first-order valence-electron chi connectivity index (χ1n) is 4.61. The Morgan fingerprint density at radius 2 is 1.71 bits per heavy atom. The molecule has 0 aliphatic carbocycles. The maximum Gasteiger partial charge on any atom is 0.0708 e. The second-order valence-corrected chi connectivity index (χ2v) is 3.36. The minimum absolute atomic E-state index is 1.02. The van der Waals surface area contributed by atoms with Crippen molar-refractivity contribution in [3.8, 4) is 11.3 Å². The van der Waals surface area contributed by atoms with E-state index in [4.69, 9.17) is 0 Å². The van der Waals surface area contributed by atoms with Gasteiger partial charge in [-0.2, -0.15) is 0 Å². The molecule has 0 bridgehead atoms. The van der Waals surface area contributed by atoms with E-state index in [1.54, 1.807) is 0 Å². The van der Waals surface area contributed by atoms with Gasteiger partial charge in [0.05, 0.1) is 5.69 Å². The van der Waals surface area contributed by atoms with Crippen molar-refractivity contribution in [2.75, 3.05) is 0 Å². The maximum absolute atomic E-state index is 4.34. The van der Waals surface area contributed by atoms with Gasteiger partial charge in [0.25, 0.3) is 0 Å². The molecule has 2 heteroatoms. The van der Waals surface area contributed by atoms with Crippen molar-refractivity contribution in [2.45, 2.75) is 13.8 Å². The maximum atomic E-state index is 4.34. The molecule has 0 atom stereocenters. The van der Waals surface area contributed by atoms with Crippen LogP contribution in [0.15, 0.2) is 36.8 Å². The Morgan fingerprint density at radius 1 is 1.00 bits per heavy atom. The summed E-state index contributed by atoms with van der Waals surface area (Å²) in [6.45, 7) is 4.12. The molecule has 2 aromatic rings. The Balaban J connectivity index is 2.63. The molecule has 14 heavy (non-hydrogen) atoms. The zero-order valence-corrected chi connectivity index (χ0v) is 8.36. The monoisotopic (exact) mass is 184 g/mol. The number of aryl methyl sites for hydroxylation is 2. The Morgan fingerprint density at radius 3 is 2.29 bits per heavy atom. The average molecular weight is 184 g/mol. The Bertz CT molecular complexity index is 415. The van der Waals surface area contributed by atoms with Gasteiger partial charge in [-0.15, -0.1) is 0 Å². The zero-order chi connectivity index (χ0) is 9.97. The van der Waals surface area contributed by atoms with Gasteiger partial charge < -0.3 is 0 Å². The third kappa shape index (κ3) is 1.51. The normalized spacial score (nSPS) is 10.1. The van der Waals surface area contributed by atoms with Crippen LogP contribution in [0.3, 0.4) is 0 Å². The molecule has 0 aliphatic heterocycles. The standard InChI is InChI=1S/C12H12N2/c1-9-7-13-8-10(2)12(9)11-5-3-4-6-14-11/h3-8H,1-2H3. The fourth-order valence-corrected chi connectivity index (χ4v) is 1.62. The lowest BCUT2D eigenvalue weighted by Gasteiger charge is -2.07. The average Bonchev–Trinajstić information content (AvgIpc) is 2.19. The fourth-order valence-electron chi connectivity index (χ4n) is 1.62. The molecule has 0 amide bonds. The molecule has 0 radical (unpaired) electrons. The summed E-state index contributed by atoms with van der Waals surface area (Å²) in [5.74, 6) is 0. The first-order chi connectivity index (χ1) is 6.79. The van der Waals surface area contributed by atoms with Crippen LogP contribution in [-0.2, 0) is 0 Å². The Hall–Kier alpha value is -1.70. The molecule has 2 nitrogen and oxygen atoms in total. The lowest BCUT2D eigenvalue weighted by atomic mass is 10.0. The van der Waals surface area contributed by atoms with Gasteiger partial charge >= 0.3 is 0 Å². The first kappa shape index (κ1) is 8.88. The van der Waals surface area contributed by atoms with E-state index >= 15 is 0 Å². The van der Waals surface area contributed by atoms with Crippen LogP contribution in [0.1, 0.15) is 11.1 Å². The molecule has 0 fully saturated rings. The highest BCUT2D eigenvalue weighted by Gasteiger charge is 2.05. The number of rotatable bonds is 1. The van der Waals surface area contributed by atoms with Crippen molar-refractivity contribution >= 4 is 0 Å². The van der Waals surface area contributed by atoms with Crippen LogP contribution < -0.4 is 0 Å². The SMILES string of the molecule is Cc1cncc(C)c1-c1ccccn1. The molecule has 0 N–H and O–H groups in total. The third-order valence-corrected chi connectivity index (χ3v) is 2.25. The molecule has 0 saturated carbocycles. The first-order valence-corrected chi connectivity index (χ1v) is 4.61. The smallest absolute Gasteiger partial charge is 0.0708 e. The van der Waals surface area contributed by atoms with Gasteiger partial charge in [-0.05, 0) is 37.1 Å². The van der Waals surface area contributed by atoms with E-state index in [1.807, 2.05) is 36.8 Å². The van der Waals surface area contributed by atoms with Crippen molar-refractivity contribution in [2.24, 2.45) is 0 Å². The van der Waals surface area contributed by atoms with Crippen LogP contribution in [0, 0.1) is 13.8 Å². The number of nitrogens with zero attached hydrogens (tertiary/aromatic N) is 2. The molecule has 70 valence electrons. The predicted octanol–water partition coefficient (Wildman–Crippen LogP) is 2.76. The lowest BCUT2D eigenvalue weighted by molar-refractivity contribution is 1.20. The van der Waals surface area contributed by atoms with E-state index in [0.717, 1.165) is 5.69 Å². The van der Waals surface area contributed by atoms with Crippen LogP contribution in [0.4, 0.5) is 0 Å². The molecule has 0 spiro atoms. The zero-order valence-electron chi connectivity index (χ0n) is 8.36. The topological polar surface area (TPSA) is 25.8 Å². The summed E-state index contributed by atoms with van der Waals surface area (Å²) in [5.41, 5.74) is 4.55. The Kier molecular flexibility index (Phi) is 2.27. The fraction of sp³-hybridized carbons (Fsp3) is 0.167. The Labute approximate surface area is 83.7 Å². The second kappa shape index (κ2) is 3.58. The van der Waals surface area contributed by atoms with Gasteiger partial charge in [-0.3, -0.25) is 9.97 Å². The molecule has 2 heterocycles. The van der Waals surface area contributed by atoms with E-state index in [1.165, 1.54) is 16.7 Å². The number of hydrogen-bond acceptors (Lipinski definition) is 2. The van der Waals surface area contributed by atoms with Crippen LogP contribution in [0.2, 0.25) is 0 Å². The van der Waals surface area contributed by atoms with E-state index in [0.29, 0.717) is 0 Å². The molecule has 0 aliphatic rings. The summed E-state index contributed by atoms with van der Waals surface area (Å²) >= 11 is 0. The molecule has 2 rings (SSSR count). The van der Waals surface area contributed by atoms with Crippen molar-refractivity contribution in [1.29, 1.82) is 0 Å². The summed E-state index contributed by atoms with van der Waals surface area (Å²) in [6, 6.07) is 5.95. The number of aromatic nitrogens is 2. The van der Waals surface area contributed by atoms with Crippen molar-refractivity contribution in [3.05, 3.63) is 47.9 Å². The third-order valence-electron chi connectivity index (χ3n) is 2.25. The lowest BCUT2D eigenvalue weighted by Crippen LogP contribution is -1.91. The van der Waals surface area contributed by atoms with Gasteiger partial charge in [-0.1, -0.05) is 6.07 Å². The summed E-state index contributed by atoms with van der Waals surface area (Å²) in [7, 11) is 0. The van der Waals surface area contributed by atoms with Gasteiger partial charge in [-0.25, -0.2) is 0 Å². The van der Waals surface area contributed by atoms with Crippen molar-refractivity contribution in [3.63, 3.8) is 0 Å². The predicted molar refractivity (Wildman–Crippen MR) is 56.9 cm³/mol. The van der Waals surface area contributed by atoms with Crippen molar-refractivity contribution in [1.82, 2.24) is 9.97 Å².